The summed E-state index contributed by atoms with van der Waals surface area (Å²) in [6.07, 6.45) is 2.61. The molecule has 0 aliphatic carbocycles. The minimum Gasteiger partial charge on any atom is -0.368 e. The van der Waals surface area contributed by atoms with Gasteiger partial charge in [-0.25, -0.2) is 9.97 Å². The molecule has 1 aromatic carbocycles. The summed E-state index contributed by atoms with van der Waals surface area (Å²) in [5, 5.41) is 13.0. The monoisotopic (exact) mass is 521 g/mol. The molecule has 1 fully saturated rings. The number of rotatable bonds is 5. The number of anilines is 3. The number of nitrogens with one attached hydrogen (secondary N) is 1. The molecule has 2 unspecified atom stereocenters. The molecule has 1 saturated heterocycles. The Morgan fingerprint density at radius 2 is 1.85 bits per heavy atom. The molecule has 2 aliphatic heterocycles. The Hall–Kier alpha value is -4.98. The minimum atomic E-state index is -0.344. The average Bonchev–Trinajstić information content (AvgIpc) is 3.60. The van der Waals surface area contributed by atoms with E-state index in [2.05, 4.69) is 32.3 Å². The summed E-state index contributed by atoms with van der Waals surface area (Å²) in [6, 6.07) is 12.6. The van der Waals surface area contributed by atoms with E-state index in [1.807, 2.05) is 30.8 Å². The number of nitriles is 1. The van der Waals surface area contributed by atoms with Crippen LogP contribution in [0.3, 0.4) is 0 Å². The predicted octanol–water partition coefficient (Wildman–Crippen LogP) is 3.17. The van der Waals surface area contributed by atoms with E-state index in [0.717, 1.165) is 22.4 Å². The summed E-state index contributed by atoms with van der Waals surface area (Å²) in [6.45, 7) is 4.81. The first kappa shape index (κ1) is 24.4. The lowest BCUT2D eigenvalue weighted by Crippen LogP contribution is -2.41. The Labute approximate surface area is 224 Å². The van der Waals surface area contributed by atoms with Crippen molar-refractivity contribution in [3.8, 4) is 6.07 Å². The third kappa shape index (κ3) is 3.92. The van der Waals surface area contributed by atoms with Gasteiger partial charge in [0.15, 0.2) is 0 Å². The zero-order chi connectivity index (χ0) is 27.4. The first-order valence-electron chi connectivity index (χ1n) is 12.8. The van der Waals surface area contributed by atoms with Crippen LogP contribution in [-0.4, -0.2) is 55.4 Å². The van der Waals surface area contributed by atoms with Crippen molar-refractivity contribution < 1.29 is 9.59 Å². The van der Waals surface area contributed by atoms with E-state index >= 15 is 0 Å². The highest BCUT2D eigenvalue weighted by atomic mass is 16.2. The molecule has 11 nitrogen and oxygen atoms in total. The van der Waals surface area contributed by atoms with Crippen LogP contribution < -0.4 is 16.0 Å². The molecule has 2 amide bonds. The van der Waals surface area contributed by atoms with Gasteiger partial charge in [0.1, 0.15) is 17.5 Å². The number of pyridine rings is 1. The zero-order valence-electron chi connectivity index (χ0n) is 21.8. The van der Waals surface area contributed by atoms with Gasteiger partial charge in [0.2, 0.25) is 5.95 Å². The predicted molar refractivity (Wildman–Crippen MR) is 146 cm³/mol. The van der Waals surface area contributed by atoms with E-state index < -0.39 is 0 Å². The maximum atomic E-state index is 13.1. The number of carbonyl (C=O) groups is 2. The largest absolute Gasteiger partial charge is 0.368 e. The van der Waals surface area contributed by atoms with E-state index in [-0.39, 0.29) is 29.8 Å². The second-order valence-corrected chi connectivity index (χ2v) is 10.0. The molecule has 0 radical (unpaired) electrons. The molecule has 2 aliphatic rings. The Morgan fingerprint density at radius 1 is 1.13 bits per heavy atom. The van der Waals surface area contributed by atoms with Gasteiger partial charge >= 0.3 is 0 Å². The van der Waals surface area contributed by atoms with Gasteiger partial charge in [-0.1, -0.05) is 12.1 Å². The van der Waals surface area contributed by atoms with E-state index in [9.17, 15) is 14.9 Å². The zero-order valence-corrected chi connectivity index (χ0v) is 21.8. The Kier molecular flexibility index (Phi) is 5.68. The SMILES string of the molecule is Cc1nc(N)nc(NC(C)c2nc3ccn(C)c3cc2N2CCC(N3C(=O)c4ccccc4C3=O)C2)c1C#N. The standard InChI is InChI=1S/C28H27N9O2/c1-15-20(13-29)25(34-28(30)32-15)31-16(2)24-23(12-22-21(33-24)9-10-35(22)3)36-11-8-17(14-36)37-26(38)18-6-4-5-7-19(18)27(37)39/h4-7,9-10,12,16-17H,8,11,14H2,1-3H3,(H3,30,31,32,34). The minimum absolute atomic E-state index is 0.0798. The number of nitrogen functional groups attached to an aromatic ring is 1. The average molecular weight is 522 g/mol. The Bertz CT molecular complexity index is 1670. The molecule has 3 N–H and O–H groups in total. The van der Waals surface area contributed by atoms with Crippen molar-refractivity contribution in [3.63, 3.8) is 0 Å². The number of aryl methyl sites for hydroxylation is 2. The molecule has 4 aromatic rings. The lowest BCUT2D eigenvalue weighted by Gasteiger charge is -2.27. The van der Waals surface area contributed by atoms with Gasteiger partial charge in [-0.15, -0.1) is 0 Å². The van der Waals surface area contributed by atoms with Crippen LogP contribution in [0.25, 0.3) is 11.0 Å². The number of nitrogens with zero attached hydrogens (tertiary/aromatic N) is 7. The molecule has 3 aromatic heterocycles. The number of amides is 2. The van der Waals surface area contributed by atoms with Crippen molar-refractivity contribution in [2.45, 2.75) is 32.4 Å². The fraction of sp³-hybridized carbons (Fsp3) is 0.286. The summed E-state index contributed by atoms with van der Waals surface area (Å²) >= 11 is 0. The molecule has 0 bridgehead atoms. The van der Waals surface area contributed by atoms with E-state index in [1.165, 1.54) is 4.90 Å². The number of carbonyl (C=O) groups excluding carboxylic acids is 2. The number of hydrogen-bond donors (Lipinski definition) is 2. The third-order valence-corrected chi connectivity index (χ3v) is 7.55. The molecule has 2 atom stereocenters. The van der Waals surface area contributed by atoms with Crippen LogP contribution in [0.1, 0.15) is 57.1 Å². The van der Waals surface area contributed by atoms with Gasteiger partial charge in [0, 0.05) is 26.3 Å². The summed E-state index contributed by atoms with van der Waals surface area (Å²) in [4.78, 5) is 43.2. The second kappa shape index (κ2) is 9.09. The van der Waals surface area contributed by atoms with Crippen LogP contribution >= 0.6 is 0 Å². The van der Waals surface area contributed by atoms with Crippen molar-refractivity contribution in [2.24, 2.45) is 7.05 Å². The molecule has 0 saturated carbocycles. The third-order valence-electron chi connectivity index (χ3n) is 7.55. The maximum absolute atomic E-state index is 13.1. The summed E-state index contributed by atoms with van der Waals surface area (Å²) in [7, 11) is 1.96. The molecular formula is C28H27N9O2. The lowest BCUT2D eigenvalue weighted by atomic mass is 10.1. The molecular weight excluding hydrogens is 494 g/mol. The van der Waals surface area contributed by atoms with Gasteiger partial charge in [-0.3, -0.25) is 14.5 Å². The number of aromatic nitrogens is 4. The number of benzene rings is 1. The fourth-order valence-corrected chi connectivity index (χ4v) is 5.58. The van der Waals surface area contributed by atoms with Crippen molar-refractivity contribution in [3.05, 3.63) is 70.7 Å². The normalized spacial score (nSPS) is 17.5. The molecule has 11 heteroatoms. The van der Waals surface area contributed by atoms with Crippen LogP contribution in [0.5, 0.6) is 0 Å². The topological polar surface area (TPSA) is 146 Å². The molecule has 0 spiro atoms. The van der Waals surface area contributed by atoms with Crippen molar-refractivity contribution >= 4 is 40.3 Å². The molecule has 39 heavy (non-hydrogen) atoms. The summed E-state index contributed by atoms with van der Waals surface area (Å²) in [5.74, 6) is -0.0543. The Balaban J connectivity index is 1.34. The summed E-state index contributed by atoms with van der Waals surface area (Å²) < 4.78 is 2.01. The highest BCUT2D eigenvalue weighted by Crippen LogP contribution is 2.35. The Morgan fingerprint density at radius 3 is 2.54 bits per heavy atom. The van der Waals surface area contributed by atoms with Crippen LogP contribution in [0.2, 0.25) is 0 Å². The van der Waals surface area contributed by atoms with E-state index in [4.69, 9.17) is 10.7 Å². The molecule has 6 rings (SSSR count). The first-order chi connectivity index (χ1) is 18.8. The highest BCUT2D eigenvalue weighted by molar-refractivity contribution is 6.21. The number of imide groups is 1. The number of hydrogen-bond acceptors (Lipinski definition) is 9. The summed E-state index contributed by atoms with van der Waals surface area (Å²) in [5.41, 5.74) is 11.1. The number of nitrogens with two attached hydrogens (primary N) is 1. The van der Waals surface area contributed by atoms with E-state index in [1.54, 1.807) is 31.2 Å². The van der Waals surface area contributed by atoms with Gasteiger partial charge in [-0.05, 0) is 44.5 Å². The van der Waals surface area contributed by atoms with Gasteiger partial charge in [0.05, 0.1) is 51.3 Å². The second-order valence-electron chi connectivity index (χ2n) is 10.0. The number of fused-ring (bicyclic) bond motifs is 2. The highest BCUT2D eigenvalue weighted by Gasteiger charge is 2.42. The maximum Gasteiger partial charge on any atom is 0.261 e. The van der Waals surface area contributed by atoms with Gasteiger partial charge in [-0.2, -0.15) is 10.2 Å². The van der Waals surface area contributed by atoms with Crippen LogP contribution in [0, 0.1) is 18.3 Å². The van der Waals surface area contributed by atoms with Crippen molar-refractivity contribution in [1.82, 2.24) is 24.4 Å². The first-order valence-corrected chi connectivity index (χ1v) is 12.8. The molecule has 5 heterocycles. The van der Waals surface area contributed by atoms with Crippen LogP contribution in [-0.2, 0) is 7.05 Å². The van der Waals surface area contributed by atoms with Crippen molar-refractivity contribution in [2.75, 3.05) is 29.0 Å². The van der Waals surface area contributed by atoms with Gasteiger partial charge in [0.25, 0.3) is 11.8 Å². The van der Waals surface area contributed by atoms with E-state index in [0.29, 0.717) is 47.7 Å². The van der Waals surface area contributed by atoms with Crippen molar-refractivity contribution in [1.29, 1.82) is 5.26 Å². The smallest absolute Gasteiger partial charge is 0.261 e. The van der Waals surface area contributed by atoms with Crippen LogP contribution in [0.4, 0.5) is 17.5 Å². The quantitative estimate of drug-likeness (QED) is 0.378. The lowest BCUT2D eigenvalue weighted by molar-refractivity contribution is 0.0598. The van der Waals surface area contributed by atoms with Crippen LogP contribution in [0.15, 0.2) is 42.6 Å². The van der Waals surface area contributed by atoms with Gasteiger partial charge < -0.3 is 20.5 Å². The fourth-order valence-electron chi connectivity index (χ4n) is 5.58. The molecule has 196 valence electrons.